The van der Waals surface area contributed by atoms with Gasteiger partial charge in [-0.05, 0) is 56.5 Å². The molecule has 2 aromatic carbocycles. The van der Waals surface area contributed by atoms with Gasteiger partial charge in [-0.2, -0.15) is 11.8 Å². The summed E-state index contributed by atoms with van der Waals surface area (Å²) in [6.07, 6.45) is 2.62. The minimum absolute atomic E-state index is 0.00836. The molecule has 24 nitrogen and oxygen atoms in total. The van der Waals surface area contributed by atoms with E-state index in [4.69, 9.17) is 5.11 Å². The second-order valence-electron chi connectivity index (χ2n) is 18.6. The number of Topliss-reactive ketones (excluding diaryl/α,β-unsaturated/α-hetero) is 2. The molecule has 0 aliphatic rings. The van der Waals surface area contributed by atoms with Crippen LogP contribution in [0.15, 0.2) is 60.7 Å². The van der Waals surface area contributed by atoms with Crippen molar-refractivity contribution in [3.05, 3.63) is 71.8 Å². The first-order chi connectivity index (χ1) is 37.1. The number of unbranched alkanes of at least 4 members (excludes halogenated alkanes) is 5. The van der Waals surface area contributed by atoms with Crippen molar-refractivity contribution in [2.75, 3.05) is 39.7 Å². The summed E-state index contributed by atoms with van der Waals surface area (Å²) in [5.74, 6) is -9.54. The molecule has 6 amide bonds. The van der Waals surface area contributed by atoms with Crippen molar-refractivity contribution in [2.45, 2.75) is 139 Å². The Kier molecular flexibility index (Phi) is 31.3. The highest BCUT2D eigenvalue weighted by Gasteiger charge is 2.38. The van der Waals surface area contributed by atoms with E-state index in [1.807, 2.05) is 18.2 Å². The molecule has 0 heterocycles. The number of amides is 6. The third-order valence-electron chi connectivity index (χ3n) is 12.7. The standard InChI is InChI=1S/C53H75N7O17S/c1-54-40(49(70)59(2)41(30-47(67)68)50(71)60(3)42(32-78-4)52(74)75)31-55-48(69)36(27-34-17-11-9-12-18-34)29-43(63)39(28-35-19-13-10-14-20-35)56-44(64)22-16-8-6-5-7-15-21-37(62)23-24-38(51(72)73)57-53(76)58-45(77-33-61)25-26-46(65)66/h9-14,17-20,33,36,38-42,45,54H,5-8,15-16,21-32H2,1-4H3,(H,55,69)(H,56,64)(H,65,66)(H,67,68)(H,72,73)(H,74,75)(H2,57,58,76)/t36-,38+,39+,40+,41+,42+,45-/m1/s1. The lowest BCUT2D eigenvalue weighted by Gasteiger charge is -2.34. The van der Waals surface area contributed by atoms with Crippen LogP contribution in [0.4, 0.5) is 4.79 Å². The number of nitrogens with one attached hydrogen (secondary N) is 5. The zero-order valence-corrected chi connectivity index (χ0v) is 45.3. The van der Waals surface area contributed by atoms with Crippen LogP contribution in [0.25, 0.3) is 0 Å². The molecular formula is C53H75N7O17S. The molecule has 430 valence electrons. The quantitative estimate of drug-likeness (QED) is 0.0262. The van der Waals surface area contributed by atoms with Gasteiger partial charge in [0.25, 0.3) is 6.47 Å². The van der Waals surface area contributed by atoms with Gasteiger partial charge in [0.2, 0.25) is 23.6 Å². The highest BCUT2D eigenvalue weighted by atomic mass is 32.2. The number of ketones is 2. The topological polar surface area (TPSA) is 362 Å². The van der Waals surface area contributed by atoms with Crippen LogP contribution in [0.1, 0.15) is 101 Å². The molecule has 9 N–H and O–H groups in total. The lowest BCUT2D eigenvalue weighted by Crippen LogP contribution is -2.58. The number of thioether (sulfide) groups is 1. The first-order valence-corrected chi connectivity index (χ1v) is 27.0. The SMILES string of the molecule is CN[C@@H](CNC(=O)[C@@H](CC(=O)[C@H](Cc1ccccc1)NC(=O)CCCCCCCCC(=O)CC[C@H](NC(=O)N[C@@H](CCC(=O)O)OC=O)C(=O)O)Cc1ccccc1)C(=O)N(C)[C@@H](CC(=O)O)C(=O)N(C)[C@@H](CSC)C(=O)O. The fraction of sp³-hybridized carbons (Fsp3) is 0.547. The van der Waals surface area contributed by atoms with Crippen molar-refractivity contribution in [1.82, 2.24) is 36.4 Å². The number of hydrogen-bond acceptors (Lipinski definition) is 15. The second-order valence-corrected chi connectivity index (χ2v) is 19.5. The number of carbonyl (C=O) groups excluding carboxylic acids is 8. The van der Waals surface area contributed by atoms with E-state index in [2.05, 4.69) is 31.3 Å². The van der Waals surface area contributed by atoms with Gasteiger partial charge in [-0.1, -0.05) is 86.3 Å². The van der Waals surface area contributed by atoms with Crippen molar-refractivity contribution >= 4 is 83.3 Å². The molecule has 0 radical (unpaired) electrons. The largest absolute Gasteiger partial charge is 0.481 e. The zero-order valence-electron chi connectivity index (χ0n) is 44.5. The summed E-state index contributed by atoms with van der Waals surface area (Å²) in [4.78, 5) is 153. The van der Waals surface area contributed by atoms with Crippen molar-refractivity contribution in [3.63, 3.8) is 0 Å². The van der Waals surface area contributed by atoms with Gasteiger partial charge in [0.1, 0.15) is 30.0 Å². The van der Waals surface area contributed by atoms with Crippen molar-refractivity contribution in [1.29, 1.82) is 0 Å². The number of urea groups is 1. The van der Waals surface area contributed by atoms with Crippen LogP contribution in [0.5, 0.6) is 0 Å². The van der Waals surface area contributed by atoms with E-state index in [0.29, 0.717) is 25.7 Å². The average Bonchev–Trinajstić information content (AvgIpc) is 3.40. The van der Waals surface area contributed by atoms with Gasteiger partial charge in [-0.25, -0.2) is 14.4 Å². The summed E-state index contributed by atoms with van der Waals surface area (Å²) in [5, 5.41) is 50.6. The number of rotatable bonds is 41. The van der Waals surface area contributed by atoms with Gasteiger partial charge in [-0.3, -0.25) is 43.2 Å². The highest BCUT2D eigenvalue weighted by Crippen LogP contribution is 2.19. The predicted octanol–water partition coefficient (Wildman–Crippen LogP) is 2.40. The molecule has 0 aromatic heterocycles. The van der Waals surface area contributed by atoms with Crippen LogP contribution in [0.3, 0.4) is 0 Å². The molecule has 0 spiro atoms. The van der Waals surface area contributed by atoms with E-state index in [-0.39, 0.29) is 81.8 Å². The molecule has 0 bridgehead atoms. The van der Waals surface area contributed by atoms with Crippen LogP contribution in [0, 0.1) is 5.92 Å². The van der Waals surface area contributed by atoms with Crippen molar-refractivity contribution in [3.8, 4) is 0 Å². The smallest absolute Gasteiger partial charge is 0.327 e. The van der Waals surface area contributed by atoms with E-state index in [1.165, 1.54) is 32.9 Å². The highest BCUT2D eigenvalue weighted by molar-refractivity contribution is 7.98. The molecule has 2 aromatic rings. The minimum atomic E-state index is -1.59. The van der Waals surface area contributed by atoms with Crippen LogP contribution >= 0.6 is 11.8 Å². The Morgan fingerprint density at radius 1 is 0.615 bits per heavy atom. The first kappa shape index (κ1) is 66.7. The number of carboxylic acids is 4. The van der Waals surface area contributed by atoms with Gasteiger partial charge in [0.15, 0.2) is 12.0 Å². The summed E-state index contributed by atoms with van der Waals surface area (Å²) in [6.45, 7) is -0.322. The average molecular weight is 1110 g/mol. The molecule has 2 rings (SSSR count). The van der Waals surface area contributed by atoms with Gasteiger partial charge >= 0.3 is 29.9 Å². The van der Waals surface area contributed by atoms with Crippen molar-refractivity contribution < 1.29 is 82.7 Å². The minimum Gasteiger partial charge on any atom is -0.481 e. The van der Waals surface area contributed by atoms with Gasteiger partial charge in [0, 0.05) is 64.4 Å². The van der Waals surface area contributed by atoms with Crippen LogP contribution in [-0.2, 0) is 70.3 Å². The molecule has 0 unspecified atom stereocenters. The molecule has 78 heavy (non-hydrogen) atoms. The molecule has 0 saturated carbocycles. The Bertz CT molecular complexity index is 2310. The Balaban J connectivity index is 2.03. The maximum Gasteiger partial charge on any atom is 0.327 e. The van der Waals surface area contributed by atoms with Crippen LogP contribution in [0.2, 0.25) is 0 Å². The Hall–Kier alpha value is -7.41. The van der Waals surface area contributed by atoms with Crippen molar-refractivity contribution in [2.24, 2.45) is 5.92 Å². The van der Waals surface area contributed by atoms with Gasteiger partial charge in [-0.15, -0.1) is 0 Å². The van der Waals surface area contributed by atoms with Gasteiger partial charge < -0.3 is 61.5 Å². The molecule has 25 heteroatoms. The molecule has 0 saturated heterocycles. The number of carbonyl (C=O) groups is 12. The van der Waals surface area contributed by atoms with E-state index < -0.39 is 109 Å². The number of likely N-dealkylation sites (N-methyl/N-ethyl adjacent to an activating group) is 3. The molecule has 0 aliphatic carbocycles. The molecule has 0 aliphatic heterocycles. The number of hydrogen-bond donors (Lipinski definition) is 9. The van der Waals surface area contributed by atoms with Gasteiger partial charge in [0.05, 0.1) is 18.9 Å². The third-order valence-corrected chi connectivity index (χ3v) is 13.4. The maximum absolute atomic E-state index is 14.3. The summed E-state index contributed by atoms with van der Waals surface area (Å²) in [5.41, 5.74) is 1.50. The number of ether oxygens (including phenoxy) is 1. The van der Waals surface area contributed by atoms with E-state index in [0.717, 1.165) is 33.8 Å². The second kappa shape index (κ2) is 36.6. The Labute approximate surface area is 457 Å². The lowest BCUT2D eigenvalue weighted by atomic mass is 9.89. The summed E-state index contributed by atoms with van der Waals surface area (Å²) in [7, 11) is 3.86. The fourth-order valence-corrected chi connectivity index (χ4v) is 8.94. The maximum atomic E-state index is 14.3. The van der Waals surface area contributed by atoms with Crippen LogP contribution in [-0.4, -0.2) is 178 Å². The summed E-state index contributed by atoms with van der Waals surface area (Å²) >= 11 is 1.17. The molecule has 7 atom stereocenters. The Morgan fingerprint density at radius 2 is 1.19 bits per heavy atom. The van der Waals surface area contributed by atoms with E-state index >= 15 is 0 Å². The van der Waals surface area contributed by atoms with Crippen LogP contribution < -0.4 is 26.6 Å². The fourth-order valence-electron chi connectivity index (χ4n) is 8.26. The predicted molar refractivity (Wildman–Crippen MR) is 285 cm³/mol. The lowest BCUT2D eigenvalue weighted by molar-refractivity contribution is -0.154. The molecular weight excluding hydrogens is 1040 g/mol. The monoisotopic (exact) mass is 1110 g/mol. The number of nitrogens with zero attached hydrogens (tertiary/aromatic N) is 2. The van der Waals surface area contributed by atoms with E-state index in [9.17, 15) is 72.9 Å². The Morgan fingerprint density at radius 3 is 1.73 bits per heavy atom. The molecule has 0 fully saturated rings. The summed E-state index contributed by atoms with van der Waals surface area (Å²) < 4.78 is 4.63. The first-order valence-electron chi connectivity index (χ1n) is 25.6. The number of benzene rings is 2. The van der Waals surface area contributed by atoms with E-state index in [1.54, 1.807) is 48.7 Å². The normalized spacial score (nSPS) is 13.6. The number of carboxylic acid groups (broad SMARTS) is 4. The summed E-state index contributed by atoms with van der Waals surface area (Å²) in [6, 6.07) is 10.4. The third kappa shape index (κ3) is 25.6. The number of aliphatic carboxylic acids is 4. The zero-order chi connectivity index (χ0) is 58.2.